The number of nitrogens with zero attached hydrogens (tertiary/aromatic N) is 1. The second-order valence-electron chi connectivity index (χ2n) is 5.44. The van der Waals surface area contributed by atoms with Crippen LogP contribution in [0.1, 0.15) is 27.2 Å². The Balaban J connectivity index is 3.27. The maximum atomic E-state index is 11.5. The highest BCUT2D eigenvalue weighted by Gasteiger charge is 2.58. The summed E-state index contributed by atoms with van der Waals surface area (Å²) in [5, 5.41) is 20.7. The van der Waals surface area contributed by atoms with Gasteiger partial charge in [-0.2, -0.15) is 0 Å². The molecule has 0 aromatic carbocycles. The van der Waals surface area contributed by atoms with E-state index >= 15 is 0 Å². The molecule has 1 saturated heterocycles. The van der Waals surface area contributed by atoms with Crippen LogP contribution in [-0.2, 0) is 9.53 Å². The Hall–Kier alpha value is -1.14. The highest BCUT2D eigenvalue weighted by atomic mass is 16.5. The normalized spacial score (nSPS) is 33.6. The van der Waals surface area contributed by atoms with Gasteiger partial charge in [0, 0.05) is 13.5 Å². The van der Waals surface area contributed by atoms with Gasteiger partial charge in [0.1, 0.15) is 12.6 Å². The third-order valence-electron chi connectivity index (χ3n) is 3.65. The molecule has 98 valence electrons. The largest absolute Gasteiger partial charge is 0.498 e. The van der Waals surface area contributed by atoms with E-state index in [4.69, 9.17) is 4.74 Å². The van der Waals surface area contributed by atoms with Crippen LogP contribution in [0.4, 0.5) is 4.79 Å². The average molecular weight is 245 g/mol. The molecule has 1 aliphatic heterocycles. The maximum Gasteiger partial charge on any atom is 0.363 e. The Kier molecular flexibility index (Phi) is 3.50. The van der Waals surface area contributed by atoms with Crippen LogP contribution in [0.15, 0.2) is 0 Å². The Labute approximate surface area is 100 Å². The zero-order chi connectivity index (χ0) is 13.4. The summed E-state index contributed by atoms with van der Waals surface area (Å²) >= 11 is 0. The van der Waals surface area contributed by atoms with Crippen LogP contribution in [0.3, 0.4) is 0 Å². The van der Waals surface area contributed by atoms with E-state index < -0.39 is 28.1 Å². The van der Waals surface area contributed by atoms with E-state index in [1.807, 2.05) is 0 Å². The van der Waals surface area contributed by atoms with Crippen LogP contribution in [0.2, 0.25) is 0 Å². The molecule has 0 spiro atoms. The van der Waals surface area contributed by atoms with Gasteiger partial charge < -0.3 is 19.7 Å². The Morgan fingerprint density at radius 2 is 1.94 bits per heavy atom. The summed E-state index contributed by atoms with van der Waals surface area (Å²) in [5.74, 6) is -1.12. The lowest BCUT2D eigenvalue weighted by Crippen LogP contribution is -2.71. The van der Waals surface area contributed by atoms with Gasteiger partial charge in [-0.15, -0.1) is 0 Å². The average Bonchev–Trinajstić information content (AvgIpc) is 2.56. The predicted molar refractivity (Wildman–Crippen MR) is 57.1 cm³/mol. The fourth-order valence-corrected chi connectivity index (χ4v) is 2.63. The predicted octanol–water partition coefficient (Wildman–Crippen LogP) is -0.183. The lowest BCUT2D eigenvalue weighted by molar-refractivity contribution is -0.923. The molecule has 1 fully saturated rings. The molecule has 1 amide bonds. The number of carbonyl (C=O) groups excluding carboxylic acids is 1. The van der Waals surface area contributed by atoms with Gasteiger partial charge >= 0.3 is 5.97 Å². The minimum atomic E-state index is -1.36. The summed E-state index contributed by atoms with van der Waals surface area (Å²) in [6, 6.07) is -1.02. The minimum Gasteiger partial charge on any atom is -0.498 e. The van der Waals surface area contributed by atoms with Crippen LogP contribution >= 0.6 is 0 Å². The molecule has 0 radical (unpaired) electrons. The Bertz CT molecular complexity index is 335. The molecule has 1 N–H and O–H groups in total. The maximum absolute atomic E-state index is 11.5. The molecule has 0 aliphatic carbocycles. The number of quaternary nitrogens is 1. The molecule has 17 heavy (non-hydrogen) atoms. The van der Waals surface area contributed by atoms with Crippen molar-refractivity contribution in [3.63, 3.8) is 0 Å². The van der Waals surface area contributed by atoms with Gasteiger partial charge in [0.15, 0.2) is 6.04 Å². The number of carboxylic acids is 1. The molecule has 0 aromatic heterocycles. The van der Waals surface area contributed by atoms with E-state index in [1.165, 1.54) is 7.11 Å². The number of methoxy groups -OCH3 is 1. The monoisotopic (exact) mass is 245 g/mol. The van der Waals surface area contributed by atoms with Gasteiger partial charge in [0.2, 0.25) is 0 Å². The third kappa shape index (κ3) is 2.02. The molecular weight excluding hydrogens is 226 g/mol. The minimum absolute atomic E-state index is 0.124. The van der Waals surface area contributed by atoms with Gasteiger partial charge in [0.25, 0.3) is 6.09 Å². The number of likely N-dealkylation sites (tertiary alicyclic amines) is 1. The third-order valence-corrected chi connectivity index (χ3v) is 3.65. The molecule has 1 rings (SSSR count). The van der Waals surface area contributed by atoms with Crippen molar-refractivity contribution in [2.24, 2.45) is 0 Å². The molecular formula is C11H19NO5. The van der Waals surface area contributed by atoms with Crippen LogP contribution < -0.4 is 5.11 Å². The highest BCUT2D eigenvalue weighted by Crippen LogP contribution is 2.37. The molecule has 1 aliphatic rings. The van der Waals surface area contributed by atoms with Gasteiger partial charge in [-0.3, -0.25) is 4.48 Å². The summed E-state index contributed by atoms with van der Waals surface area (Å²) in [6.07, 6.45) is -1.53. The Morgan fingerprint density at radius 3 is 2.18 bits per heavy atom. The highest BCUT2D eigenvalue weighted by molar-refractivity contribution is 5.75. The lowest BCUT2D eigenvalue weighted by atomic mass is 10.00. The van der Waals surface area contributed by atoms with Crippen LogP contribution in [-0.4, -0.2) is 53.0 Å². The van der Waals surface area contributed by atoms with Gasteiger partial charge in [-0.25, -0.2) is 4.79 Å². The Morgan fingerprint density at radius 1 is 1.41 bits per heavy atom. The van der Waals surface area contributed by atoms with E-state index in [1.54, 1.807) is 20.8 Å². The number of rotatable bonds is 2. The topological polar surface area (TPSA) is 86.7 Å². The summed E-state index contributed by atoms with van der Waals surface area (Å²) in [5.41, 5.74) is -0.755. The van der Waals surface area contributed by atoms with Crippen molar-refractivity contribution in [2.75, 3.05) is 13.7 Å². The van der Waals surface area contributed by atoms with Crippen molar-refractivity contribution in [1.82, 2.24) is 0 Å². The summed E-state index contributed by atoms with van der Waals surface area (Å²) in [6.45, 7) is 5.24. The van der Waals surface area contributed by atoms with Gasteiger partial charge in [-0.1, -0.05) is 0 Å². The molecule has 1 unspecified atom stereocenters. The molecule has 6 nitrogen and oxygen atoms in total. The second kappa shape index (κ2) is 4.27. The summed E-state index contributed by atoms with van der Waals surface area (Å²) in [4.78, 5) is 22.8. The molecule has 0 saturated carbocycles. The first-order valence-corrected chi connectivity index (χ1v) is 5.51. The molecule has 3 atom stereocenters. The van der Waals surface area contributed by atoms with Crippen molar-refractivity contribution < 1.29 is 29.0 Å². The van der Waals surface area contributed by atoms with E-state index in [9.17, 15) is 19.8 Å². The van der Waals surface area contributed by atoms with E-state index in [0.29, 0.717) is 0 Å². The first-order valence-electron chi connectivity index (χ1n) is 5.51. The SMILES string of the molecule is CO[C@@H]1C[C@H](C(=O)O)[N+](C(=O)[O-])(C(C)(C)C)C1. The van der Waals surface area contributed by atoms with Crippen molar-refractivity contribution in [3.8, 4) is 0 Å². The van der Waals surface area contributed by atoms with Gasteiger partial charge in [0.05, 0.1) is 5.54 Å². The fourth-order valence-electron chi connectivity index (χ4n) is 2.63. The lowest BCUT2D eigenvalue weighted by Gasteiger charge is -2.47. The second-order valence-corrected chi connectivity index (χ2v) is 5.44. The number of carbonyl (C=O) groups is 2. The standard InChI is InChI=1S/C11H19NO5/c1-11(2,3)12(10(15)16)6-7(17-4)5-8(12)9(13)14/h7-8H,5-6H2,1-4H3,(H-,13,14,15,16)/t7-,8-,12?/m1/s1. The first kappa shape index (κ1) is 13.9. The molecule has 0 aromatic rings. The zero-order valence-corrected chi connectivity index (χ0v) is 10.6. The number of hydrogen-bond acceptors (Lipinski definition) is 4. The van der Waals surface area contributed by atoms with Crippen LogP contribution in [0.25, 0.3) is 0 Å². The van der Waals surface area contributed by atoms with Crippen molar-refractivity contribution in [1.29, 1.82) is 0 Å². The van der Waals surface area contributed by atoms with Crippen molar-refractivity contribution in [3.05, 3.63) is 0 Å². The van der Waals surface area contributed by atoms with Gasteiger partial charge in [-0.05, 0) is 20.8 Å². The zero-order valence-electron chi connectivity index (χ0n) is 10.6. The smallest absolute Gasteiger partial charge is 0.363 e. The summed E-state index contributed by atoms with van der Waals surface area (Å²) < 4.78 is 4.53. The summed E-state index contributed by atoms with van der Waals surface area (Å²) in [7, 11) is 1.46. The van der Waals surface area contributed by atoms with Crippen molar-refractivity contribution >= 4 is 12.1 Å². The van der Waals surface area contributed by atoms with E-state index in [0.717, 1.165) is 0 Å². The number of hydrogen-bond donors (Lipinski definition) is 1. The number of amides is 1. The fraction of sp³-hybridized carbons (Fsp3) is 0.818. The van der Waals surface area contributed by atoms with Crippen LogP contribution in [0, 0.1) is 0 Å². The van der Waals surface area contributed by atoms with Crippen molar-refractivity contribution in [2.45, 2.75) is 44.9 Å². The first-order chi connectivity index (χ1) is 7.66. The molecule has 6 heteroatoms. The number of ether oxygens (including phenoxy) is 1. The van der Waals surface area contributed by atoms with Crippen LogP contribution in [0.5, 0.6) is 0 Å². The number of carboxylic acid groups (broad SMARTS) is 2. The molecule has 1 heterocycles. The van der Waals surface area contributed by atoms with E-state index in [-0.39, 0.29) is 19.1 Å². The molecule has 0 bridgehead atoms. The number of aliphatic carboxylic acids is 1. The van der Waals surface area contributed by atoms with E-state index in [2.05, 4.69) is 0 Å². The quantitative estimate of drug-likeness (QED) is 0.682.